The summed E-state index contributed by atoms with van der Waals surface area (Å²) in [6, 6.07) is 0.436. The fourth-order valence-corrected chi connectivity index (χ4v) is 5.66. The van der Waals surface area contributed by atoms with Crippen LogP contribution in [0, 0.1) is 11.8 Å². The molecule has 5 nitrogen and oxygen atoms in total. The number of rotatable bonds is 4. The van der Waals surface area contributed by atoms with Crippen LogP contribution in [-0.4, -0.2) is 71.3 Å². The van der Waals surface area contributed by atoms with Crippen LogP contribution in [0.15, 0.2) is 0 Å². The molecular formula is C22H37N3O2. The highest BCUT2D eigenvalue weighted by atomic mass is 16.2. The summed E-state index contributed by atoms with van der Waals surface area (Å²) in [6.45, 7) is 6.51. The maximum Gasteiger partial charge on any atom is 0.240 e. The number of carbonyl (C=O) groups is 2. The van der Waals surface area contributed by atoms with Crippen LogP contribution in [0.1, 0.15) is 71.1 Å². The monoisotopic (exact) mass is 375 g/mol. The van der Waals surface area contributed by atoms with Crippen molar-refractivity contribution in [2.24, 2.45) is 11.8 Å². The second-order valence-corrected chi connectivity index (χ2v) is 9.35. The Balaban J connectivity index is 1.42. The third-order valence-corrected chi connectivity index (χ3v) is 7.66. The van der Waals surface area contributed by atoms with E-state index >= 15 is 0 Å². The third-order valence-electron chi connectivity index (χ3n) is 7.66. The molecule has 2 saturated heterocycles. The number of hydrogen-bond acceptors (Lipinski definition) is 3. The first-order valence-corrected chi connectivity index (χ1v) is 11.5. The Morgan fingerprint density at radius 3 is 2.04 bits per heavy atom. The zero-order valence-electron chi connectivity index (χ0n) is 17.1. The van der Waals surface area contributed by atoms with E-state index in [1.54, 1.807) is 0 Å². The molecule has 0 spiro atoms. The first-order chi connectivity index (χ1) is 13.1. The molecule has 152 valence electrons. The average molecular weight is 376 g/mol. The molecule has 2 atom stereocenters. The zero-order valence-corrected chi connectivity index (χ0v) is 17.1. The lowest BCUT2D eigenvalue weighted by atomic mass is 9.84. The van der Waals surface area contributed by atoms with Gasteiger partial charge in [0.05, 0.1) is 6.04 Å². The highest BCUT2D eigenvalue weighted by molar-refractivity contribution is 5.83. The van der Waals surface area contributed by atoms with Crippen molar-refractivity contribution in [3.63, 3.8) is 0 Å². The van der Waals surface area contributed by atoms with Crippen molar-refractivity contribution in [2.45, 2.75) is 83.2 Å². The van der Waals surface area contributed by atoms with Gasteiger partial charge in [-0.05, 0) is 57.8 Å². The highest BCUT2D eigenvalue weighted by Gasteiger charge is 2.41. The van der Waals surface area contributed by atoms with E-state index in [2.05, 4.69) is 21.6 Å². The molecule has 4 aliphatic rings. The number of hydrogen-bond donors (Lipinski definition) is 0. The Morgan fingerprint density at radius 2 is 1.44 bits per heavy atom. The van der Waals surface area contributed by atoms with Crippen molar-refractivity contribution in [3.05, 3.63) is 0 Å². The van der Waals surface area contributed by atoms with Crippen molar-refractivity contribution in [3.8, 4) is 0 Å². The van der Waals surface area contributed by atoms with E-state index in [0.717, 1.165) is 58.4 Å². The van der Waals surface area contributed by atoms with Gasteiger partial charge in [-0.3, -0.25) is 14.5 Å². The van der Waals surface area contributed by atoms with Crippen molar-refractivity contribution in [1.82, 2.24) is 14.7 Å². The van der Waals surface area contributed by atoms with Gasteiger partial charge in [0, 0.05) is 44.7 Å². The van der Waals surface area contributed by atoms with E-state index in [9.17, 15) is 9.59 Å². The number of piperidine rings is 1. The van der Waals surface area contributed by atoms with E-state index < -0.39 is 0 Å². The topological polar surface area (TPSA) is 43.9 Å². The van der Waals surface area contributed by atoms with Crippen LogP contribution in [-0.2, 0) is 9.59 Å². The number of amides is 2. The molecule has 2 heterocycles. The predicted molar refractivity (Wildman–Crippen MR) is 106 cm³/mol. The first-order valence-electron chi connectivity index (χ1n) is 11.5. The molecule has 2 unspecified atom stereocenters. The van der Waals surface area contributed by atoms with Gasteiger partial charge in [-0.25, -0.2) is 0 Å². The van der Waals surface area contributed by atoms with Crippen molar-refractivity contribution < 1.29 is 9.59 Å². The van der Waals surface area contributed by atoms with Gasteiger partial charge in [0.15, 0.2) is 0 Å². The van der Waals surface area contributed by atoms with E-state index in [0.29, 0.717) is 23.8 Å². The third kappa shape index (κ3) is 4.03. The second kappa shape index (κ2) is 8.50. The summed E-state index contributed by atoms with van der Waals surface area (Å²) >= 11 is 0. The summed E-state index contributed by atoms with van der Waals surface area (Å²) in [5.41, 5.74) is 0. The summed E-state index contributed by atoms with van der Waals surface area (Å²) in [5.74, 6) is 1.56. The lowest BCUT2D eigenvalue weighted by molar-refractivity contribution is -0.146. The summed E-state index contributed by atoms with van der Waals surface area (Å²) in [7, 11) is 0. The molecule has 27 heavy (non-hydrogen) atoms. The Morgan fingerprint density at radius 1 is 0.778 bits per heavy atom. The minimum Gasteiger partial charge on any atom is -0.340 e. The van der Waals surface area contributed by atoms with Crippen LogP contribution < -0.4 is 0 Å². The molecule has 4 rings (SSSR count). The van der Waals surface area contributed by atoms with Gasteiger partial charge in [-0.15, -0.1) is 0 Å². The van der Waals surface area contributed by atoms with E-state index in [4.69, 9.17) is 0 Å². The lowest BCUT2D eigenvalue weighted by Gasteiger charge is -2.45. The van der Waals surface area contributed by atoms with Gasteiger partial charge < -0.3 is 9.80 Å². The van der Waals surface area contributed by atoms with E-state index in [-0.39, 0.29) is 12.0 Å². The van der Waals surface area contributed by atoms with Crippen LogP contribution in [0.4, 0.5) is 0 Å². The molecule has 0 aromatic heterocycles. The smallest absolute Gasteiger partial charge is 0.240 e. The molecule has 0 bridgehead atoms. The van der Waals surface area contributed by atoms with Gasteiger partial charge in [0.1, 0.15) is 0 Å². The standard InChI is InChI=1S/C22H37N3O2/c1-17-7-4-5-12-25(17)22(27)20(18-8-2-3-9-18)23-13-15-24(16-14-23)21(26)19-10-6-11-19/h17-20H,2-16H2,1H3. The van der Waals surface area contributed by atoms with Gasteiger partial charge in [0.25, 0.3) is 0 Å². The molecule has 0 N–H and O–H groups in total. The first kappa shape index (κ1) is 19.2. The summed E-state index contributed by atoms with van der Waals surface area (Å²) in [5, 5.41) is 0. The lowest BCUT2D eigenvalue weighted by Crippen LogP contribution is -2.60. The van der Waals surface area contributed by atoms with E-state index in [1.165, 1.54) is 38.5 Å². The van der Waals surface area contributed by atoms with Crippen LogP contribution >= 0.6 is 0 Å². The van der Waals surface area contributed by atoms with Gasteiger partial charge >= 0.3 is 0 Å². The van der Waals surface area contributed by atoms with Crippen molar-refractivity contribution in [2.75, 3.05) is 32.7 Å². The van der Waals surface area contributed by atoms with Crippen molar-refractivity contribution in [1.29, 1.82) is 0 Å². The summed E-state index contributed by atoms with van der Waals surface area (Å²) in [6.07, 6.45) is 11.8. The molecule has 5 heteroatoms. The van der Waals surface area contributed by atoms with Crippen LogP contribution in [0.2, 0.25) is 0 Å². The quantitative estimate of drug-likeness (QED) is 0.759. The minimum atomic E-state index is 0.0500. The fraction of sp³-hybridized carbons (Fsp3) is 0.909. The SMILES string of the molecule is CC1CCCCN1C(=O)C(C1CCCC1)N1CCN(C(=O)C2CCC2)CC1. The predicted octanol–water partition coefficient (Wildman–Crippen LogP) is 2.89. The number of piperazine rings is 1. The Bertz CT molecular complexity index is 534. The Hall–Kier alpha value is -1.10. The number of nitrogens with zero attached hydrogens (tertiary/aromatic N) is 3. The van der Waals surface area contributed by atoms with Gasteiger partial charge in [-0.2, -0.15) is 0 Å². The Kier molecular flexibility index (Phi) is 6.05. The van der Waals surface area contributed by atoms with Crippen molar-refractivity contribution >= 4 is 11.8 Å². The molecule has 2 saturated carbocycles. The molecule has 0 radical (unpaired) electrons. The second-order valence-electron chi connectivity index (χ2n) is 9.35. The van der Waals surface area contributed by atoms with Crippen LogP contribution in [0.5, 0.6) is 0 Å². The molecule has 2 aliphatic heterocycles. The normalized spacial score (nSPS) is 29.6. The molecular weight excluding hydrogens is 338 g/mol. The minimum absolute atomic E-state index is 0.0500. The van der Waals surface area contributed by atoms with E-state index in [1.807, 2.05) is 0 Å². The molecule has 2 amide bonds. The fourth-order valence-electron chi connectivity index (χ4n) is 5.66. The Labute approximate surface area is 164 Å². The number of likely N-dealkylation sites (tertiary alicyclic amines) is 1. The van der Waals surface area contributed by atoms with Gasteiger partial charge in [0.2, 0.25) is 11.8 Å². The maximum absolute atomic E-state index is 13.6. The maximum atomic E-state index is 13.6. The highest BCUT2D eigenvalue weighted by Crippen LogP contribution is 2.34. The number of carbonyl (C=O) groups excluding carboxylic acids is 2. The average Bonchev–Trinajstić information content (AvgIpc) is 3.15. The largest absolute Gasteiger partial charge is 0.340 e. The van der Waals surface area contributed by atoms with Crippen LogP contribution in [0.3, 0.4) is 0 Å². The molecule has 0 aromatic carbocycles. The molecule has 0 aromatic rings. The zero-order chi connectivity index (χ0) is 18.8. The molecule has 4 fully saturated rings. The molecule has 2 aliphatic carbocycles. The summed E-state index contributed by atoms with van der Waals surface area (Å²) < 4.78 is 0. The van der Waals surface area contributed by atoms with Crippen LogP contribution in [0.25, 0.3) is 0 Å². The van der Waals surface area contributed by atoms with Gasteiger partial charge in [-0.1, -0.05) is 19.3 Å². The summed E-state index contributed by atoms with van der Waals surface area (Å²) in [4.78, 5) is 32.8.